The quantitative estimate of drug-likeness (QED) is 0.683. The maximum Gasteiger partial charge on any atom is 0.256 e. The highest BCUT2D eigenvalue weighted by Crippen LogP contribution is 2.28. The van der Waals surface area contributed by atoms with Gasteiger partial charge in [0.25, 0.3) is 6.43 Å². The lowest BCUT2D eigenvalue weighted by Crippen LogP contribution is -2.50. The molecule has 1 nitrogen and oxygen atoms in total. The third-order valence-electron chi connectivity index (χ3n) is 2.96. The second-order valence-corrected chi connectivity index (χ2v) is 3.78. The van der Waals surface area contributed by atoms with Crippen LogP contribution in [0.1, 0.15) is 40.0 Å². The summed E-state index contributed by atoms with van der Waals surface area (Å²) in [6.07, 6.45) is -0.299. The van der Waals surface area contributed by atoms with Gasteiger partial charge in [0, 0.05) is 0 Å². The highest BCUT2D eigenvalue weighted by molar-refractivity contribution is 4.89. The smallest absolute Gasteiger partial charge is 0.256 e. The molecule has 0 aliphatic heterocycles. The van der Waals surface area contributed by atoms with Gasteiger partial charge in [-0.05, 0) is 25.8 Å². The monoisotopic (exact) mass is 193 g/mol. The summed E-state index contributed by atoms with van der Waals surface area (Å²) >= 11 is 0. The summed E-state index contributed by atoms with van der Waals surface area (Å²) in [5, 5.41) is 2.78. The van der Waals surface area contributed by atoms with Crippen molar-refractivity contribution in [2.75, 3.05) is 7.05 Å². The molecular formula is C10H21F2N. The van der Waals surface area contributed by atoms with Gasteiger partial charge in [0.1, 0.15) is 0 Å². The zero-order chi connectivity index (χ0) is 10.5. The first-order valence-corrected chi connectivity index (χ1v) is 4.99. The Hall–Kier alpha value is -0.180. The molecule has 13 heavy (non-hydrogen) atoms. The van der Waals surface area contributed by atoms with Crippen molar-refractivity contribution in [1.29, 1.82) is 0 Å². The topological polar surface area (TPSA) is 12.0 Å². The van der Waals surface area contributed by atoms with E-state index in [0.29, 0.717) is 18.8 Å². The number of halogens is 2. The van der Waals surface area contributed by atoms with Gasteiger partial charge in [-0.2, -0.15) is 0 Å². The summed E-state index contributed by atoms with van der Waals surface area (Å²) < 4.78 is 25.6. The van der Waals surface area contributed by atoms with Crippen LogP contribution in [0.4, 0.5) is 8.78 Å². The third-order valence-corrected chi connectivity index (χ3v) is 2.96. The van der Waals surface area contributed by atoms with Crippen molar-refractivity contribution in [3.63, 3.8) is 0 Å². The Kier molecular flexibility index (Phi) is 5.45. The highest BCUT2D eigenvalue weighted by atomic mass is 19.3. The maximum atomic E-state index is 12.8. The van der Waals surface area contributed by atoms with Crippen LogP contribution in [0.5, 0.6) is 0 Å². The van der Waals surface area contributed by atoms with Crippen LogP contribution in [0, 0.1) is 5.92 Å². The van der Waals surface area contributed by atoms with Crippen LogP contribution in [0.15, 0.2) is 0 Å². The first-order valence-electron chi connectivity index (χ1n) is 4.99. The number of hydrogen-bond donors (Lipinski definition) is 1. The fourth-order valence-electron chi connectivity index (χ4n) is 1.54. The molecule has 0 spiro atoms. The van der Waals surface area contributed by atoms with Crippen molar-refractivity contribution in [2.45, 2.75) is 52.0 Å². The SMILES string of the molecule is CCC(C)CC(CC)(NC)C(F)F. The van der Waals surface area contributed by atoms with Gasteiger partial charge in [-0.25, -0.2) is 8.78 Å². The van der Waals surface area contributed by atoms with Crippen molar-refractivity contribution < 1.29 is 8.78 Å². The summed E-state index contributed by atoms with van der Waals surface area (Å²) in [6, 6.07) is 0. The molecule has 0 amide bonds. The van der Waals surface area contributed by atoms with Crippen LogP contribution in [-0.4, -0.2) is 19.0 Å². The molecule has 0 heterocycles. The van der Waals surface area contributed by atoms with Crippen LogP contribution in [0.3, 0.4) is 0 Å². The highest BCUT2D eigenvalue weighted by Gasteiger charge is 2.37. The van der Waals surface area contributed by atoms with Crippen molar-refractivity contribution in [3.05, 3.63) is 0 Å². The molecule has 0 aliphatic rings. The van der Waals surface area contributed by atoms with Gasteiger partial charge in [-0.1, -0.05) is 27.2 Å². The summed E-state index contributed by atoms with van der Waals surface area (Å²) in [5.74, 6) is 0.349. The van der Waals surface area contributed by atoms with Crippen LogP contribution >= 0.6 is 0 Å². The van der Waals surface area contributed by atoms with Crippen molar-refractivity contribution in [2.24, 2.45) is 5.92 Å². The molecule has 0 radical (unpaired) electrons. The van der Waals surface area contributed by atoms with Crippen LogP contribution in [0.25, 0.3) is 0 Å². The van der Waals surface area contributed by atoms with Crippen LogP contribution < -0.4 is 5.32 Å². The largest absolute Gasteiger partial charge is 0.309 e. The normalized spacial score (nSPS) is 18.7. The van der Waals surface area contributed by atoms with Crippen molar-refractivity contribution >= 4 is 0 Å². The average molecular weight is 193 g/mol. The fourth-order valence-corrected chi connectivity index (χ4v) is 1.54. The Labute approximate surface area is 79.9 Å². The van der Waals surface area contributed by atoms with E-state index < -0.39 is 12.0 Å². The molecule has 0 aliphatic carbocycles. The first kappa shape index (κ1) is 12.8. The Morgan fingerprint density at radius 3 is 2.08 bits per heavy atom. The Morgan fingerprint density at radius 1 is 1.31 bits per heavy atom. The fraction of sp³-hybridized carbons (Fsp3) is 1.00. The Bertz CT molecular complexity index is 133. The molecule has 0 saturated carbocycles. The van der Waals surface area contributed by atoms with Gasteiger partial charge in [0.2, 0.25) is 0 Å². The van der Waals surface area contributed by atoms with Crippen LogP contribution in [-0.2, 0) is 0 Å². The molecule has 3 heteroatoms. The molecule has 0 aromatic carbocycles. The van der Waals surface area contributed by atoms with E-state index in [4.69, 9.17) is 0 Å². The molecule has 0 aromatic heterocycles. The van der Waals surface area contributed by atoms with E-state index >= 15 is 0 Å². The van der Waals surface area contributed by atoms with Gasteiger partial charge in [0.05, 0.1) is 5.54 Å². The van der Waals surface area contributed by atoms with Crippen molar-refractivity contribution in [1.82, 2.24) is 5.32 Å². The lowest BCUT2D eigenvalue weighted by Gasteiger charge is -2.33. The summed E-state index contributed by atoms with van der Waals surface area (Å²) in [6.45, 7) is 5.86. The van der Waals surface area contributed by atoms with Gasteiger partial charge < -0.3 is 5.32 Å². The number of nitrogens with one attached hydrogen (secondary N) is 1. The maximum absolute atomic E-state index is 12.8. The summed E-state index contributed by atoms with van der Waals surface area (Å²) in [4.78, 5) is 0. The minimum absolute atomic E-state index is 0.349. The Balaban J connectivity index is 4.38. The molecule has 0 fully saturated rings. The molecule has 0 aromatic rings. The summed E-state index contributed by atoms with van der Waals surface area (Å²) in [5.41, 5.74) is -0.977. The zero-order valence-electron chi connectivity index (χ0n) is 9.03. The molecule has 0 saturated heterocycles. The molecule has 1 N–H and O–H groups in total. The first-order chi connectivity index (χ1) is 6.02. The zero-order valence-corrected chi connectivity index (χ0v) is 9.03. The van der Waals surface area contributed by atoms with Crippen LogP contribution in [0.2, 0.25) is 0 Å². The van der Waals surface area contributed by atoms with E-state index in [9.17, 15) is 8.78 Å². The molecule has 80 valence electrons. The standard InChI is InChI=1S/C10H21F2N/c1-5-8(3)7-10(6-2,13-4)9(11)12/h8-9,13H,5-7H2,1-4H3. The molecule has 0 rings (SSSR count). The van der Waals surface area contributed by atoms with Gasteiger partial charge >= 0.3 is 0 Å². The average Bonchev–Trinajstić information content (AvgIpc) is 2.13. The van der Waals surface area contributed by atoms with E-state index in [0.717, 1.165) is 6.42 Å². The van der Waals surface area contributed by atoms with E-state index in [1.807, 2.05) is 20.8 Å². The van der Waals surface area contributed by atoms with Gasteiger partial charge in [-0.15, -0.1) is 0 Å². The second-order valence-electron chi connectivity index (χ2n) is 3.78. The number of rotatable bonds is 6. The molecular weight excluding hydrogens is 172 g/mol. The third kappa shape index (κ3) is 3.22. The van der Waals surface area contributed by atoms with Gasteiger partial charge in [-0.3, -0.25) is 0 Å². The lowest BCUT2D eigenvalue weighted by atomic mass is 9.85. The predicted octanol–water partition coefficient (Wildman–Crippen LogP) is 3.06. The number of hydrogen-bond acceptors (Lipinski definition) is 1. The second kappa shape index (κ2) is 5.53. The minimum Gasteiger partial charge on any atom is -0.309 e. The molecule has 2 atom stereocenters. The van der Waals surface area contributed by atoms with E-state index in [1.165, 1.54) is 0 Å². The predicted molar refractivity (Wildman–Crippen MR) is 52.2 cm³/mol. The number of alkyl halides is 2. The Morgan fingerprint density at radius 2 is 1.85 bits per heavy atom. The summed E-state index contributed by atoms with van der Waals surface area (Å²) in [7, 11) is 1.62. The minimum atomic E-state index is -2.28. The van der Waals surface area contributed by atoms with E-state index in [1.54, 1.807) is 7.05 Å². The van der Waals surface area contributed by atoms with E-state index in [-0.39, 0.29) is 0 Å². The molecule has 0 bridgehead atoms. The van der Waals surface area contributed by atoms with Gasteiger partial charge in [0.15, 0.2) is 0 Å². The molecule has 2 unspecified atom stereocenters. The lowest BCUT2D eigenvalue weighted by molar-refractivity contribution is 0.0173. The van der Waals surface area contributed by atoms with Crippen molar-refractivity contribution in [3.8, 4) is 0 Å². The van der Waals surface area contributed by atoms with E-state index in [2.05, 4.69) is 5.32 Å².